The number of hydrogen-bond acceptors (Lipinski definition) is 8. The molecule has 0 radical (unpaired) electrons. The number of carbonyl (C=O) groups is 3. The van der Waals surface area contributed by atoms with Crippen molar-refractivity contribution in [1.29, 1.82) is 0 Å². The van der Waals surface area contributed by atoms with E-state index in [1.54, 1.807) is 13.8 Å². The molecule has 0 aliphatic heterocycles. The number of nitro groups is 2. The average molecular weight is 532 g/mol. The maximum Gasteiger partial charge on any atom is 0.328 e. The van der Waals surface area contributed by atoms with E-state index in [1.807, 2.05) is 30.3 Å². The summed E-state index contributed by atoms with van der Waals surface area (Å²) in [5.41, 5.74) is 0.890. The molecule has 0 aliphatic rings. The molecule has 3 atom stereocenters. The van der Waals surface area contributed by atoms with Gasteiger partial charge in [0.15, 0.2) is 0 Å². The van der Waals surface area contributed by atoms with Crippen LogP contribution in [0.1, 0.15) is 67.4 Å². The minimum atomic E-state index is -0.950. The molecule has 12 heteroatoms. The zero-order chi connectivity index (χ0) is 26.1. The third kappa shape index (κ3) is 18.4. The van der Waals surface area contributed by atoms with E-state index in [0.717, 1.165) is 5.56 Å². The van der Waals surface area contributed by atoms with Gasteiger partial charge in [-0.15, -0.1) is 0 Å². The molecule has 1 aromatic rings. The van der Waals surface area contributed by atoms with E-state index in [4.69, 9.17) is 9.84 Å². The van der Waals surface area contributed by atoms with Gasteiger partial charge >= 0.3 is 11.9 Å². The fourth-order valence-corrected chi connectivity index (χ4v) is 3.02. The van der Waals surface area contributed by atoms with Gasteiger partial charge < -0.3 is 15.2 Å². The van der Waals surface area contributed by atoms with Crippen LogP contribution in [0.3, 0.4) is 0 Å². The number of rotatable bonds is 14. The molecule has 0 spiro atoms. The molecule has 0 aromatic heterocycles. The number of carbonyl (C=O) groups excluding carboxylic acids is 2. The second-order valence-electron chi connectivity index (χ2n) is 7.51. The first-order valence-electron chi connectivity index (χ1n) is 10.9. The van der Waals surface area contributed by atoms with Gasteiger partial charge in [-0.1, -0.05) is 66.5 Å². The van der Waals surface area contributed by atoms with Gasteiger partial charge in [-0.25, -0.2) is 4.79 Å². The predicted octanol–water partition coefficient (Wildman–Crippen LogP) is 4.25. The van der Waals surface area contributed by atoms with Crippen LogP contribution in [0, 0.1) is 32.1 Å². The lowest BCUT2D eigenvalue weighted by atomic mass is 9.99. The van der Waals surface area contributed by atoms with E-state index < -0.39 is 39.7 Å². The monoisotopic (exact) mass is 531 g/mol. The molecule has 0 fully saturated rings. The number of ether oxygens (including phenoxy) is 1. The topological polar surface area (TPSA) is 179 Å². The van der Waals surface area contributed by atoms with Gasteiger partial charge in [-0.2, -0.15) is 0 Å². The van der Waals surface area contributed by atoms with Crippen LogP contribution in [-0.2, 0) is 25.5 Å². The Labute approximate surface area is 220 Å². The molecule has 37 heavy (non-hydrogen) atoms. The second-order valence-corrected chi connectivity index (χ2v) is 7.51. The molecule has 214 valence electrons. The van der Waals surface area contributed by atoms with Crippen LogP contribution in [0.15, 0.2) is 30.3 Å². The van der Waals surface area contributed by atoms with Crippen molar-refractivity contribution in [2.75, 3.05) is 20.2 Å². The zero-order valence-electron chi connectivity index (χ0n) is 19.7. The van der Waals surface area contributed by atoms with E-state index in [9.17, 15) is 34.6 Å². The van der Waals surface area contributed by atoms with Crippen LogP contribution in [0.25, 0.3) is 0 Å². The van der Waals surface area contributed by atoms with Crippen LogP contribution in [0.5, 0.6) is 0 Å². The molecule has 0 saturated carbocycles. The normalized spacial score (nSPS) is 11.8. The van der Waals surface area contributed by atoms with Gasteiger partial charge in [0.1, 0.15) is 6.04 Å². The van der Waals surface area contributed by atoms with Gasteiger partial charge in [0, 0.05) is 35.0 Å². The van der Waals surface area contributed by atoms with Crippen molar-refractivity contribution >= 4 is 17.8 Å². The number of nitrogens with one attached hydrogen (secondary N) is 1. The number of amides is 1. The predicted molar refractivity (Wildman–Crippen MR) is 142 cm³/mol. The molecular weight excluding hydrogens is 486 g/mol. The van der Waals surface area contributed by atoms with Gasteiger partial charge in [-0.3, -0.25) is 29.8 Å². The zero-order valence-corrected chi connectivity index (χ0v) is 19.7. The first-order valence-corrected chi connectivity index (χ1v) is 10.9. The number of nitrogens with zero attached hydrogens (tertiary/aromatic N) is 2. The van der Waals surface area contributed by atoms with Crippen molar-refractivity contribution in [2.45, 2.75) is 74.3 Å². The van der Waals surface area contributed by atoms with Crippen LogP contribution >= 0.6 is 0 Å². The minimum absolute atomic E-state index is 0. The number of methoxy groups -OCH3 is 1. The molecule has 1 aromatic carbocycles. The molecular formula is C25H45N3O9. The summed E-state index contributed by atoms with van der Waals surface area (Å²) in [6.45, 7) is 2.96. The first-order chi connectivity index (χ1) is 16.0. The molecule has 0 aliphatic carbocycles. The number of hydrogen-bond donors (Lipinski definition) is 2. The summed E-state index contributed by atoms with van der Waals surface area (Å²) in [6.07, 6.45) is 1.50. The maximum absolute atomic E-state index is 12.3. The lowest BCUT2D eigenvalue weighted by molar-refractivity contribution is -0.481. The highest BCUT2D eigenvalue weighted by atomic mass is 16.6. The smallest absolute Gasteiger partial charge is 0.328 e. The molecule has 0 heterocycles. The molecule has 1 rings (SSSR count). The minimum Gasteiger partial charge on any atom is -0.481 e. The van der Waals surface area contributed by atoms with Crippen LogP contribution in [0.4, 0.5) is 0 Å². The van der Waals surface area contributed by atoms with E-state index in [-0.39, 0.29) is 54.1 Å². The Morgan fingerprint density at radius 3 is 1.76 bits per heavy atom. The Kier molecular flexibility index (Phi) is 25.1. The van der Waals surface area contributed by atoms with E-state index in [1.165, 1.54) is 7.11 Å². The van der Waals surface area contributed by atoms with Crippen molar-refractivity contribution < 1.29 is 34.1 Å². The number of carboxylic acids is 1. The summed E-state index contributed by atoms with van der Waals surface area (Å²) in [6, 6.07) is 8.45. The van der Waals surface area contributed by atoms with Crippen LogP contribution in [-0.4, -0.2) is 59.0 Å². The quantitative estimate of drug-likeness (QED) is 0.201. The molecule has 0 bridgehead atoms. The molecule has 0 unspecified atom stereocenters. The van der Waals surface area contributed by atoms with Crippen molar-refractivity contribution in [3.05, 3.63) is 56.1 Å². The largest absolute Gasteiger partial charge is 0.481 e. The van der Waals surface area contributed by atoms with Crippen molar-refractivity contribution in [2.24, 2.45) is 11.8 Å². The highest BCUT2D eigenvalue weighted by molar-refractivity contribution is 5.85. The third-order valence-corrected chi connectivity index (χ3v) is 5.11. The Morgan fingerprint density at radius 2 is 1.38 bits per heavy atom. The van der Waals surface area contributed by atoms with Crippen LogP contribution < -0.4 is 5.32 Å². The Balaban J connectivity index is -0.000000335. The summed E-state index contributed by atoms with van der Waals surface area (Å²) in [4.78, 5) is 53.8. The number of carboxylic acid groups (broad SMARTS) is 1. The van der Waals surface area contributed by atoms with Gasteiger partial charge in [0.05, 0.1) is 13.0 Å². The van der Waals surface area contributed by atoms with Gasteiger partial charge in [-0.05, 0) is 18.4 Å². The Hall–Kier alpha value is -3.57. The molecule has 1 amide bonds. The molecule has 0 saturated heterocycles. The van der Waals surface area contributed by atoms with Crippen LogP contribution in [0.2, 0.25) is 0 Å². The summed E-state index contributed by atoms with van der Waals surface area (Å²) in [5.74, 6) is -2.91. The fraction of sp³-hybridized carbons (Fsp3) is 0.640. The molecule has 2 N–H and O–H groups in total. The number of aliphatic carboxylic acids is 1. The van der Waals surface area contributed by atoms with Crippen molar-refractivity contribution in [3.8, 4) is 0 Å². The van der Waals surface area contributed by atoms with Crippen molar-refractivity contribution in [1.82, 2.24) is 5.32 Å². The number of esters is 1. The van der Waals surface area contributed by atoms with E-state index in [0.29, 0.717) is 19.3 Å². The summed E-state index contributed by atoms with van der Waals surface area (Å²) >= 11 is 0. The SMILES string of the molecule is C.C.C.CC[C@H](CC[N+](=O)[O-])C(=O)N[C@@H](Cc1ccccc1)C(=O)OC.CC[C@H](CC[N+](=O)[O-])C(=O)O. The lowest BCUT2D eigenvalue weighted by Gasteiger charge is -2.20. The lowest BCUT2D eigenvalue weighted by Crippen LogP contribution is -2.45. The maximum atomic E-state index is 12.3. The third-order valence-electron chi connectivity index (χ3n) is 5.11. The highest BCUT2D eigenvalue weighted by Gasteiger charge is 2.26. The standard InChI is InChI=1S/C16H22N2O5.C6H11NO4.3CH4/c1-3-13(9-10-18(21)22)15(19)17-14(16(20)23-2)11-12-7-5-4-6-8-12;1-2-5(6(8)9)3-4-7(10)11;;;/h4-8,13-14H,3,9-11H2,1-2H3,(H,17,19);5H,2-4H2,1H3,(H,8,9);3*1H4/t13-,14+;5-;;;/m11.../s1. The highest BCUT2D eigenvalue weighted by Crippen LogP contribution is 2.11. The Bertz CT molecular complexity index is 804. The number of benzene rings is 1. The van der Waals surface area contributed by atoms with E-state index >= 15 is 0 Å². The molecule has 12 nitrogen and oxygen atoms in total. The summed E-state index contributed by atoms with van der Waals surface area (Å²) < 4.78 is 4.74. The van der Waals surface area contributed by atoms with E-state index in [2.05, 4.69) is 5.32 Å². The van der Waals surface area contributed by atoms with Gasteiger partial charge in [0.2, 0.25) is 19.0 Å². The first kappa shape index (κ1) is 40.6. The Morgan fingerprint density at radius 1 is 0.919 bits per heavy atom. The summed E-state index contributed by atoms with van der Waals surface area (Å²) in [5, 5.41) is 31.4. The van der Waals surface area contributed by atoms with Gasteiger partial charge in [0.25, 0.3) is 0 Å². The second kappa shape index (κ2) is 22.9. The van der Waals surface area contributed by atoms with Crippen molar-refractivity contribution in [3.63, 3.8) is 0 Å². The summed E-state index contributed by atoms with van der Waals surface area (Å²) in [7, 11) is 1.26. The fourth-order valence-electron chi connectivity index (χ4n) is 3.02. The average Bonchev–Trinajstić information content (AvgIpc) is 2.79.